The Morgan fingerprint density at radius 2 is 2.00 bits per heavy atom. The van der Waals surface area contributed by atoms with E-state index in [-0.39, 0.29) is 24.5 Å². The molecule has 1 aromatic heterocycles. The maximum absolute atomic E-state index is 12.4. The van der Waals surface area contributed by atoms with Crippen LogP contribution in [0, 0.1) is 0 Å². The van der Waals surface area contributed by atoms with Crippen molar-refractivity contribution in [2.45, 2.75) is 38.4 Å². The molecule has 1 aliphatic carbocycles. The van der Waals surface area contributed by atoms with E-state index in [2.05, 4.69) is 21.3 Å². The number of carbonyl (C=O) groups is 3. The quantitative estimate of drug-likeness (QED) is 0.597. The van der Waals surface area contributed by atoms with E-state index in [4.69, 9.17) is 4.42 Å². The topological polar surface area (TPSA) is 112 Å². The summed E-state index contributed by atoms with van der Waals surface area (Å²) in [5, 5.41) is 10.8. The van der Waals surface area contributed by atoms with E-state index in [9.17, 15) is 14.4 Å². The first-order valence-electron chi connectivity index (χ1n) is 8.80. The first-order valence-corrected chi connectivity index (χ1v) is 8.80. The number of benzene rings is 1. The van der Waals surface area contributed by atoms with Gasteiger partial charge in [-0.3, -0.25) is 9.59 Å². The number of carbonyl (C=O) groups excluding carboxylic acids is 3. The molecule has 0 spiro atoms. The molecular formula is C19H22N4O4. The van der Waals surface area contributed by atoms with Gasteiger partial charge in [0, 0.05) is 17.3 Å². The third kappa shape index (κ3) is 5.60. The highest BCUT2D eigenvalue weighted by atomic mass is 16.3. The fourth-order valence-corrected chi connectivity index (χ4v) is 2.40. The van der Waals surface area contributed by atoms with Gasteiger partial charge in [0.15, 0.2) is 0 Å². The summed E-state index contributed by atoms with van der Waals surface area (Å²) in [6.45, 7) is 1.85. The Morgan fingerprint density at radius 1 is 1.19 bits per heavy atom. The third-order valence-electron chi connectivity index (χ3n) is 4.05. The van der Waals surface area contributed by atoms with Crippen molar-refractivity contribution in [2.24, 2.45) is 0 Å². The fraction of sp³-hybridized carbons (Fsp3) is 0.316. The Hall–Kier alpha value is -3.29. The predicted molar refractivity (Wildman–Crippen MR) is 99.1 cm³/mol. The zero-order valence-electron chi connectivity index (χ0n) is 15.0. The van der Waals surface area contributed by atoms with Gasteiger partial charge in [-0.05, 0) is 50.1 Å². The van der Waals surface area contributed by atoms with Crippen molar-refractivity contribution in [3.63, 3.8) is 0 Å². The summed E-state index contributed by atoms with van der Waals surface area (Å²) in [7, 11) is 0. The third-order valence-corrected chi connectivity index (χ3v) is 4.05. The molecule has 8 heteroatoms. The van der Waals surface area contributed by atoms with E-state index >= 15 is 0 Å². The summed E-state index contributed by atoms with van der Waals surface area (Å²) in [6.07, 6.45) is 3.52. The van der Waals surface area contributed by atoms with Crippen LogP contribution in [0.4, 0.5) is 10.5 Å². The molecule has 0 bridgehead atoms. The molecule has 0 aliphatic heterocycles. The summed E-state index contributed by atoms with van der Waals surface area (Å²) in [5.41, 5.74) is 0.862. The number of rotatable bonds is 7. The van der Waals surface area contributed by atoms with E-state index in [0.29, 0.717) is 17.0 Å². The van der Waals surface area contributed by atoms with Crippen LogP contribution in [-0.2, 0) is 11.3 Å². The van der Waals surface area contributed by atoms with E-state index in [1.807, 2.05) is 0 Å². The molecule has 1 heterocycles. The van der Waals surface area contributed by atoms with Gasteiger partial charge < -0.3 is 25.7 Å². The number of hydrogen-bond acceptors (Lipinski definition) is 4. The smallest absolute Gasteiger partial charge is 0.319 e. The Labute approximate surface area is 156 Å². The lowest BCUT2D eigenvalue weighted by Gasteiger charge is -2.14. The molecule has 8 nitrogen and oxygen atoms in total. The van der Waals surface area contributed by atoms with Crippen LogP contribution < -0.4 is 21.3 Å². The highest BCUT2D eigenvalue weighted by molar-refractivity contribution is 5.99. The molecule has 142 valence electrons. The molecule has 1 unspecified atom stereocenters. The highest BCUT2D eigenvalue weighted by Gasteiger charge is 2.23. The standard InChI is InChI=1S/C19H22N4O4/c1-12(17(24)20-11-16-6-3-9-27-16)21-18(25)13-4-2-5-15(10-13)23-19(26)22-14-7-8-14/h2-6,9-10,12,14H,7-8,11H2,1H3,(H,20,24)(H,21,25)(H2,22,23,26). The second kappa shape index (κ2) is 8.39. The van der Waals surface area contributed by atoms with Gasteiger partial charge in [0.1, 0.15) is 11.8 Å². The molecule has 27 heavy (non-hydrogen) atoms. The molecule has 4 amide bonds. The van der Waals surface area contributed by atoms with E-state index in [1.54, 1.807) is 43.3 Å². The van der Waals surface area contributed by atoms with Crippen molar-refractivity contribution in [1.82, 2.24) is 16.0 Å². The van der Waals surface area contributed by atoms with Gasteiger partial charge in [-0.25, -0.2) is 4.79 Å². The Bertz CT molecular complexity index is 815. The number of nitrogens with one attached hydrogen (secondary N) is 4. The summed E-state index contributed by atoms with van der Waals surface area (Å²) >= 11 is 0. The van der Waals surface area contributed by atoms with Gasteiger partial charge in [0.2, 0.25) is 5.91 Å². The van der Waals surface area contributed by atoms with E-state index in [0.717, 1.165) is 12.8 Å². The van der Waals surface area contributed by atoms with E-state index < -0.39 is 11.9 Å². The molecule has 1 atom stereocenters. The lowest BCUT2D eigenvalue weighted by atomic mass is 10.1. The minimum atomic E-state index is -0.720. The Kier molecular flexibility index (Phi) is 5.75. The number of furan rings is 1. The van der Waals surface area contributed by atoms with Crippen molar-refractivity contribution in [3.05, 3.63) is 54.0 Å². The first-order chi connectivity index (χ1) is 13.0. The fourth-order valence-electron chi connectivity index (χ4n) is 2.40. The van der Waals surface area contributed by atoms with Gasteiger partial charge in [0.25, 0.3) is 5.91 Å². The average molecular weight is 370 g/mol. The van der Waals surface area contributed by atoms with Gasteiger partial charge in [-0.15, -0.1) is 0 Å². The Morgan fingerprint density at radius 3 is 2.70 bits per heavy atom. The van der Waals surface area contributed by atoms with Gasteiger partial charge >= 0.3 is 6.03 Å². The van der Waals surface area contributed by atoms with Crippen LogP contribution in [0.15, 0.2) is 47.1 Å². The lowest BCUT2D eigenvalue weighted by Crippen LogP contribution is -2.44. The van der Waals surface area contributed by atoms with Crippen molar-refractivity contribution >= 4 is 23.5 Å². The highest BCUT2D eigenvalue weighted by Crippen LogP contribution is 2.19. The van der Waals surface area contributed by atoms with Crippen LogP contribution >= 0.6 is 0 Å². The number of anilines is 1. The molecule has 3 rings (SSSR count). The maximum Gasteiger partial charge on any atom is 0.319 e. The van der Waals surface area contributed by atoms with Crippen LogP contribution in [-0.4, -0.2) is 29.9 Å². The van der Waals surface area contributed by atoms with Crippen LogP contribution in [0.5, 0.6) is 0 Å². The zero-order valence-corrected chi connectivity index (χ0v) is 15.0. The molecule has 2 aromatic rings. The zero-order chi connectivity index (χ0) is 19.2. The molecule has 0 saturated heterocycles. The summed E-state index contributed by atoms with van der Waals surface area (Å²) in [4.78, 5) is 36.3. The molecule has 1 saturated carbocycles. The number of urea groups is 1. The Balaban J connectivity index is 1.50. The van der Waals surface area contributed by atoms with Crippen molar-refractivity contribution in [1.29, 1.82) is 0 Å². The lowest BCUT2D eigenvalue weighted by molar-refractivity contribution is -0.122. The van der Waals surface area contributed by atoms with Gasteiger partial charge in [-0.2, -0.15) is 0 Å². The predicted octanol–water partition coefficient (Wildman–Crippen LogP) is 2.00. The minimum absolute atomic E-state index is 0.247. The number of hydrogen-bond donors (Lipinski definition) is 4. The second-order valence-electron chi connectivity index (χ2n) is 6.45. The van der Waals surface area contributed by atoms with Crippen LogP contribution in [0.3, 0.4) is 0 Å². The summed E-state index contributed by atoms with van der Waals surface area (Å²) in [5.74, 6) is -0.0927. The molecule has 1 aliphatic rings. The second-order valence-corrected chi connectivity index (χ2v) is 6.45. The molecule has 1 fully saturated rings. The van der Waals surface area contributed by atoms with Crippen LogP contribution in [0.1, 0.15) is 35.9 Å². The summed E-state index contributed by atoms with van der Waals surface area (Å²) < 4.78 is 5.15. The molecule has 4 N–H and O–H groups in total. The van der Waals surface area contributed by atoms with Crippen molar-refractivity contribution in [2.75, 3.05) is 5.32 Å². The normalized spacial score (nSPS) is 14.1. The molecular weight excluding hydrogens is 348 g/mol. The van der Waals surface area contributed by atoms with Crippen molar-refractivity contribution in [3.8, 4) is 0 Å². The van der Waals surface area contributed by atoms with Gasteiger partial charge in [0.05, 0.1) is 12.8 Å². The van der Waals surface area contributed by atoms with Gasteiger partial charge in [-0.1, -0.05) is 6.07 Å². The van der Waals surface area contributed by atoms with Crippen molar-refractivity contribution < 1.29 is 18.8 Å². The monoisotopic (exact) mass is 370 g/mol. The largest absolute Gasteiger partial charge is 0.467 e. The molecule has 0 radical (unpaired) electrons. The summed E-state index contributed by atoms with van der Waals surface area (Å²) in [6, 6.07) is 9.27. The average Bonchev–Trinajstić information content (AvgIpc) is 3.30. The van der Waals surface area contributed by atoms with Crippen LogP contribution in [0.25, 0.3) is 0 Å². The first kappa shape index (κ1) is 18.5. The minimum Gasteiger partial charge on any atom is -0.467 e. The number of amides is 4. The molecule has 1 aromatic carbocycles. The maximum atomic E-state index is 12.4. The SMILES string of the molecule is CC(NC(=O)c1cccc(NC(=O)NC2CC2)c1)C(=O)NCc1ccco1. The van der Waals surface area contributed by atoms with Crippen LogP contribution in [0.2, 0.25) is 0 Å². The van der Waals surface area contributed by atoms with E-state index in [1.165, 1.54) is 6.26 Å².